The average Bonchev–Trinajstić information content (AvgIpc) is 3.25. The molecule has 0 bridgehead atoms. The Labute approximate surface area is 153 Å². The molecule has 1 aromatic heterocycles. The fraction of sp³-hybridized carbons (Fsp3) is 0.600. The zero-order valence-corrected chi connectivity index (χ0v) is 15.7. The number of thiazole rings is 1. The van der Waals surface area contributed by atoms with Crippen LogP contribution in [0.4, 0.5) is 0 Å². The minimum absolute atomic E-state index is 0.177. The lowest BCUT2D eigenvalue weighted by atomic mass is 10.0. The summed E-state index contributed by atoms with van der Waals surface area (Å²) in [6, 6.07) is 6.24. The van der Waals surface area contributed by atoms with E-state index in [1.807, 2.05) is 4.90 Å². The summed E-state index contributed by atoms with van der Waals surface area (Å²) in [4.78, 5) is 19.1. The van der Waals surface area contributed by atoms with Gasteiger partial charge in [0.1, 0.15) is 6.10 Å². The van der Waals surface area contributed by atoms with Gasteiger partial charge in [0.2, 0.25) is 5.91 Å². The van der Waals surface area contributed by atoms with Gasteiger partial charge in [-0.1, -0.05) is 36.3 Å². The first-order chi connectivity index (χ1) is 12.2. The van der Waals surface area contributed by atoms with E-state index in [0.29, 0.717) is 11.8 Å². The van der Waals surface area contributed by atoms with Crippen LogP contribution in [0.2, 0.25) is 0 Å². The quantitative estimate of drug-likeness (QED) is 0.805. The summed E-state index contributed by atoms with van der Waals surface area (Å²) in [5.74, 6) is 0.980. The van der Waals surface area contributed by atoms with E-state index in [-0.39, 0.29) is 6.10 Å². The minimum Gasteiger partial charge on any atom is -0.467 e. The monoisotopic (exact) mass is 358 g/mol. The molecule has 2 aliphatic rings. The standard InChI is InChI=1S/C20H26N2O2S/c1-14-5-4-8-17-19(14)21-20(25-17)24-16-9-11-22(12-10-16)18(23)13-15-6-2-3-7-15/h4-5,8,15-16H,2-3,6-7,9-13H2,1H3. The van der Waals surface area contributed by atoms with E-state index in [4.69, 9.17) is 4.74 Å². The zero-order chi connectivity index (χ0) is 17.2. The smallest absolute Gasteiger partial charge is 0.274 e. The molecule has 1 saturated heterocycles. The first-order valence-corrected chi connectivity index (χ1v) is 10.3. The Hall–Kier alpha value is -1.62. The number of hydrogen-bond donors (Lipinski definition) is 0. The van der Waals surface area contributed by atoms with E-state index in [0.717, 1.165) is 43.1 Å². The maximum atomic E-state index is 12.4. The second kappa shape index (κ2) is 7.32. The molecule has 0 unspecified atom stereocenters. The number of rotatable bonds is 4. The summed E-state index contributed by atoms with van der Waals surface area (Å²) < 4.78 is 7.31. The second-order valence-corrected chi connectivity index (χ2v) is 8.45. The average molecular weight is 359 g/mol. The van der Waals surface area contributed by atoms with Crippen molar-refractivity contribution in [1.82, 2.24) is 9.88 Å². The van der Waals surface area contributed by atoms with Gasteiger partial charge in [0, 0.05) is 32.4 Å². The van der Waals surface area contributed by atoms with Crippen molar-refractivity contribution in [2.45, 2.75) is 58.0 Å². The highest BCUT2D eigenvalue weighted by Gasteiger charge is 2.27. The Balaban J connectivity index is 1.30. The Morgan fingerprint density at radius 3 is 2.72 bits per heavy atom. The number of nitrogens with zero attached hydrogens (tertiary/aromatic N) is 2. The van der Waals surface area contributed by atoms with Crippen molar-refractivity contribution in [2.24, 2.45) is 5.92 Å². The normalized spacial score (nSPS) is 19.6. The van der Waals surface area contributed by atoms with Crippen molar-refractivity contribution < 1.29 is 9.53 Å². The predicted molar refractivity (Wildman–Crippen MR) is 101 cm³/mol. The van der Waals surface area contributed by atoms with Gasteiger partial charge in [0.15, 0.2) is 0 Å². The number of ether oxygens (including phenoxy) is 1. The van der Waals surface area contributed by atoms with Gasteiger partial charge in [-0.3, -0.25) is 4.79 Å². The third-order valence-electron chi connectivity index (χ3n) is 5.60. The third-order valence-corrected chi connectivity index (χ3v) is 6.51. The number of likely N-dealkylation sites (tertiary alicyclic amines) is 1. The number of fused-ring (bicyclic) bond motifs is 1. The van der Waals surface area contributed by atoms with Crippen LogP contribution in [0.3, 0.4) is 0 Å². The Morgan fingerprint density at radius 2 is 2.00 bits per heavy atom. The summed E-state index contributed by atoms with van der Waals surface area (Å²) in [6.07, 6.45) is 7.83. The molecule has 1 aromatic carbocycles. The number of benzene rings is 1. The Morgan fingerprint density at radius 1 is 1.24 bits per heavy atom. The zero-order valence-electron chi connectivity index (χ0n) is 14.9. The van der Waals surface area contributed by atoms with Crippen molar-refractivity contribution >= 4 is 27.5 Å². The van der Waals surface area contributed by atoms with E-state index >= 15 is 0 Å². The lowest BCUT2D eigenvalue weighted by molar-refractivity contribution is -0.133. The van der Waals surface area contributed by atoms with Gasteiger partial charge < -0.3 is 9.64 Å². The summed E-state index contributed by atoms with van der Waals surface area (Å²) in [5.41, 5.74) is 2.24. The maximum Gasteiger partial charge on any atom is 0.274 e. The van der Waals surface area contributed by atoms with Gasteiger partial charge in [0.05, 0.1) is 10.2 Å². The van der Waals surface area contributed by atoms with Crippen LogP contribution in [0.15, 0.2) is 18.2 Å². The SMILES string of the molecule is Cc1cccc2sc(OC3CCN(C(=O)CC4CCCC4)CC3)nc12. The molecule has 0 N–H and O–H groups in total. The molecule has 25 heavy (non-hydrogen) atoms. The van der Waals surface area contributed by atoms with Crippen molar-refractivity contribution in [2.75, 3.05) is 13.1 Å². The summed E-state index contributed by atoms with van der Waals surface area (Å²) in [5, 5.41) is 0.764. The molecule has 5 heteroatoms. The highest BCUT2D eigenvalue weighted by atomic mass is 32.1. The van der Waals surface area contributed by atoms with Gasteiger partial charge in [-0.25, -0.2) is 4.98 Å². The lowest BCUT2D eigenvalue weighted by Gasteiger charge is -2.32. The molecule has 2 aromatic rings. The summed E-state index contributed by atoms with van der Waals surface area (Å²) in [6.45, 7) is 3.72. The van der Waals surface area contributed by atoms with Gasteiger partial charge in [-0.2, -0.15) is 0 Å². The molecule has 0 atom stereocenters. The van der Waals surface area contributed by atoms with Crippen LogP contribution in [0.1, 0.15) is 50.5 Å². The third kappa shape index (κ3) is 3.81. The molecule has 1 amide bonds. The molecule has 4 rings (SSSR count). The molecule has 1 aliphatic carbocycles. The van der Waals surface area contributed by atoms with Crippen LogP contribution < -0.4 is 4.74 Å². The van der Waals surface area contributed by atoms with Crippen LogP contribution in [0, 0.1) is 12.8 Å². The molecular formula is C20H26N2O2S. The van der Waals surface area contributed by atoms with Gasteiger partial charge in [-0.05, 0) is 37.3 Å². The van der Waals surface area contributed by atoms with Crippen LogP contribution in [0.5, 0.6) is 5.19 Å². The molecule has 2 fully saturated rings. The number of aryl methyl sites for hydroxylation is 1. The molecule has 1 aliphatic heterocycles. The number of amides is 1. The van der Waals surface area contributed by atoms with Gasteiger partial charge >= 0.3 is 0 Å². The molecule has 134 valence electrons. The van der Waals surface area contributed by atoms with E-state index in [1.165, 1.54) is 35.9 Å². The van der Waals surface area contributed by atoms with Crippen molar-refractivity contribution in [3.8, 4) is 5.19 Å². The number of para-hydroxylation sites is 1. The molecule has 2 heterocycles. The van der Waals surface area contributed by atoms with Gasteiger partial charge in [-0.15, -0.1) is 0 Å². The molecule has 0 radical (unpaired) electrons. The fourth-order valence-corrected chi connectivity index (χ4v) is 5.03. The highest BCUT2D eigenvalue weighted by molar-refractivity contribution is 7.20. The summed E-state index contributed by atoms with van der Waals surface area (Å²) >= 11 is 1.62. The number of carbonyl (C=O) groups is 1. The van der Waals surface area contributed by atoms with Crippen molar-refractivity contribution in [1.29, 1.82) is 0 Å². The number of piperidine rings is 1. The molecule has 0 spiro atoms. The lowest BCUT2D eigenvalue weighted by Crippen LogP contribution is -2.42. The topological polar surface area (TPSA) is 42.4 Å². The first-order valence-electron chi connectivity index (χ1n) is 9.49. The highest BCUT2D eigenvalue weighted by Crippen LogP contribution is 2.32. The largest absolute Gasteiger partial charge is 0.467 e. The fourth-order valence-electron chi connectivity index (χ4n) is 4.07. The maximum absolute atomic E-state index is 12.4. The Bertz CT molecular complexity index is 743. The minimum atomic E-state index is 0.177. The number of carbonyl (C=O) groups excluding carboxylic acids is 1. The van der Waals surface area contributed by atoms with Crippen LogP contribution in [-0.4, -0.2) is 35.0 Å². The van der Waals surface area contributed by atoms with Crippen molar-refractivity contribution in [3.05, 3.63) is 23.8 Å². The van der Waals surface area contributed by atoms with E-state index in [2.05, 4.69) is 30.1 Å². The first kappa shape index (κ1) is 16.8. The summed E-state index contributed by atoms with van der Waals surface area (Å²) in [7, 11) is 0. The van der Waals surface area contributed by atoms with Crippen molar-refractivity contribution in [3.63, 3.8) is 0 Å². The second-order valence-electron chi connectivity index (χ2n) is 7.45. The molecule has 1 saturated carbocycles. The number of aromatic nitrogens is 1. The molecular weight excluding hydrogens is 332 g/mol. The van der Waals surface area contributed by atoms with E-state index in [1.54, 1.807) is 11.3 Å². The predicted octanol–water partition coefficient (Wildman–Crippen LogP) is 4.55. The Kier molecular flexibility index (Phi) is 4.93. The van der Waals surface area contributed by atoms with Gasteiger partial charge in [0.25, 0.3) is 5.19 Å². The molecule has 4 nitrogen and oxygen atoms in total. The number of hydrogen-bond acceptors (Lipinski definition) is 4. The van der Waals surface area contributed by atoms with Crippen LogP contribution in [0.25, 0.3) is 10.2 Å². The van der Waals surface area contributed by atoms with Crippen LogP contribution >= 0.6 is 11.3 Å². The van der Waals surface area contributed by atoms with E-state index < -0.39 is 0 Å². The van der Waals surface area contributed by atoms with E-state index in [9.17, 15) is 4.79 Å². The van der Waals surface area contributed by atoms with Crippen LogP contribution in [-0.2, 0) is 4.79 Å².